The fourth-order valence-corrected chi connectivity index (χ4v) is 4.78. The molecule has 36 heavy (non-hydrogen) atoms. The number of aryl methyl sites for hydroxylation is 2. The number of benzene rings is 3. The number of hydrogen-bond donors (Lipinski definition) is 1. The lowest BCUT2D eigenvalue weighted by molar-refractivity contribution is -0.139. The zero-order valence-corrected chi connectivity index (χ0v) is 22.7. The first-order chi connectivity index (χ1) is 17.4. The molecule has 0 aliphatic heterocycles. The van der Waals surface area contributed by atoms with Crippen LogP contribution in [0.1, 0.15) is 48.1 Å². The molecule has 0 aromatic heterocycles. The maximum atomic E-state index is 13.7. The van der Waals surface area contributed by atoms with Gasteiger partial charge in [0.2, 0.25) is 11.8 Å². The van der Waals surface area contributed by atoms with Crippen LogP contribution in [0.4, 0.5) is 0 Å². The molecule has 0 saturated carbocycles. The largest absolute Gasteiger partial charge is 0.352 e. The van der Waals surface area contributed by atoms with Crippen molar-refractivity contribution in [3.05, 3.63) is 107 Å². The minimum Gasteiger partial charge on any atom is -0.352 e. The van der Waals surface area contributed by atoms with Crippen LogP contribution in [-0.4, -0.2) is 34.6 Å². The third kappa shape index (κ3) is 8.56. The van der Waals surface area contributed by atoms with Gasteiger partial charge in [0.05, 0.1) is 5.75 Å². The minimum atomic E-state index is -0.588. The second-order valence-corrected chi connectivity index (χ2v) is 10.5. The van der Waals surface area contributed by atoms with E-state index in [-0.39, 0.29) is 17.9 Å². The van der Waals surface area contributed by atoms with Gasteiger partial charge in [0.25, 0.3) is 0 Å². The summed E-state index contributed by atoms with van der Waals surface area (Å²) in [6.45, 7) is 8.57. The minimum absolute atomic E-state index is 0.0204. The molecule has 0 bridgehead atoms. The Morgan fingerprint density at radius 3 is 2.00 bits per heavy atom. The van der Waals surface area contributed by atoms with Crippen molar-refractivity contribution in [1.82, 2.24) is 10.2 Å². The lowest BCUT2D eigenvalue weighted by Gasteiger charge is -2.32. The molecule has 2 amide bonds. The first-order valence-corrected chi connectivity index (χ1v) is 13.8. The fourth-order valence-electron chi connectivity index (χ4n) is 3.91. The van der Waals surface area contributed by atoms with E-state index in [0.29, 0.717) is 18.7 Å². The van der Waals surface area contributed by atoms with E-state index < -0.39 is 6.04 Å². The average molecular weight is 503 g/mol. The van der Waals surface area contributed by atoms with E-state index in [1.54, 1.807) is 16.7 Å². The van der Waals surface area contributed by atoms with Crippen LogP contribution in [0.3, 0.4) is 0 Å². The van der Waals surface area contributed by atoms with Crippen LogP contribution in [0, 0.1) is 13.8 Å². The maximum Gasteiger partial charge on any atom is 0.243 e. The van der Waals surface area contributed by atoms with Crippen LogP contribution in [-0.2, 0) is 28.3 Å². The highest BCUT2D eigenvalue weighted by molar-refractivity contribution is 7.99. The summed E-state index contributed by atoms with van der Waals surface area (Å²) in [5, 5.41) is 3.13. The van der Waals surface area contributed by atoms with Gasteiger partial charge >= 0.3 is 0 Å². The third-order valence-electron chi connectivity index (χ3n) is 6.36. The van der Waals surface area contributed by atoms with E-state index in [1.165, 1.54) is 16.7 Å². The van der Waals surface area contributed by atoms with Gasteiger partial charge in [-0.05, 0) is 43.9 Å². The Labute approximate surface area is 220 Å². The Morgan fingerprint density at radius 1 is 0.833 bits per heavy atom. The van der Waals surface area contributed by atoms with E-state index in [1.807, 2.05) is 63.2 Å². The number of carbonyl (C=O) groups is 2. The third-order valence-corrected chi connectivity index (χ3v) is 7.35. The molecule has 0 saturated heterocycles. The predicted molar refractivity (Wildman–Crippen MR) is 151 cm³/mol. The van der Waals surface area contributed by atoms with Gasteiger partial charge in [-0.3, -0.25) is 9.59 Å². The van der Waals surface area contributed by atoms with Gasteiger partial charge in [-0.25, -0.2) is 0 Å². The quantitative estimate of drug-likeness (QED) is 0.326. The first kappa shape index (κ1) is 27.5. The Morgan fingerprint density at radius 2 is 1.42 bits per heavy atom. The number of nitrogens with zero attached hydrogens (tertiary/aromatic N) is 1. The van der Waals surface area contributed by atoms with Crippen molar-refractivity contribution < 1.29 is 9.59 Å². The van der Waals surface area contributed by atoms with Crippen LogP contribution in [0.15, 0.2) is 78.9 Å². The van der Waals surface area contributed by atoms with Crippen LogP contribution in [0.2, 0.25) is 0 Å². The maximum absolute atomic E-state index is 13.7. The molecule has 0 radical (unpaired) electrons. The average Bonchev–Trinajstić information content (AvgIpc) is 2.88. The van der Waals surface area contributed by atoms with Gasteiger partial charge in [0.1, 0.15) is 6.04 Å². The summed E-state index contributed by atoms with van der Waals surface area (Å²) in [6, 6.07) is 26.0. The molecule has 0 aliphatic rings. The molecule has 2 atom stereocenters. The van der Waals surface area contributed by atoms with Gasteiger partial charge < -0.3 is 10.2 Å². The Bertz CT molecular complexity index is 1100. The number of rotatable bonds is 12. The summed E-state index contributed by atoms with van der Waals surface area (Å²) in [6.07, 6.45) is 1.31. The summed E-state index contributed by atoms with van der Waals surface area (Å²) in [7, 11) is 0. The van der Waals surface area contributed by atoms with Crippen molar-refractivity contribution in [1.29, 1.82) is 0 Å². The normalized spacial score (nSPS) is 12.6. The topological polar surface area (TPSA) is 49.4 Å². The number of hydrogen-bond acceptors (Lipinski definition) is 3. The Balaban J connectivity index is 1.84. The SMILES string of the molecule is CC[C@H](C)NC(=O)[C@H](Cc1ccccc1)N(Cc1ccc(C)cc1)C(=O)CSCc1ccc(C)cc1. The molecule has 3 aromatic rings. The lowest BCUT2D eigenvalue weighted by Crippen LogP contribution is -2.52. The predicted octanol–water partition coefficient (Wildman–Crippen LogP) is 6.09. The molecular weight excluding hydrogens is 464 g/mol. The van der Waals surface area contributed by atoms with Crippen molar-refractivity contribution in [2.75, 3.05) is 5.75 Å². The van der Waals surface area contributed by atoms with Crippen LogP contribution >= 0.6 is 11.8 Å². The van der Waals surface area contributed by atoms with Crippen LogP contribution in [0.25, 0.3) is 0 Å². The molecule has 190 valence electrons. The summed E-state index contributed by atoms with van der Waals surface area (Å²) in [5.41, 5.74) is 5.64. The molecular formula is C31H38N2O2S. The van der Waals surface area contributed by atoms with Crippen molar-refractivity contribution in [2.24, 2.45) is 0 Å². The molecule has 0 heterocycles. The molecule has 3 aromatic carbocycles. The molecule has 5 heteroatoms. The summed E-state index contributed by atoms with van der Waals surface area (Å²) in [4.78, 5) is 29.0. The van der Waals surface area contributed by atoms with Crippen LogP contribution < -0.4 is 5.32 Å². The van der Waals surface area contributed by atoms with Crippen molar-refractivity contribution >= 4 is 23.6 Å². The van der Waals surface area contributed by atoms with E-state index in [4.69, 9.17) is 0 Å². The number of thioether (sulfide) groups is 1. The summed E-state index contributed by atoms with van der Waals surface area (Å²) >= 11 is 1.59. The van der Waals surface area contributed by atoms with Crippen molar-refractivity contribution in [2.45, 2.75) is 64.9 Å². The first-order valence-electron chi connectivity index (χ1n) is 12.7. The van der Waals surface area contributed by atoms with Gasteiger partial charge in [-0.2, -0.15) is 0 Å². The number of carbonyl (C=O) groups excluding carboxylic acids is 2. The zero-order chi connectivity index (χ0) is 25.9. The van der Waals surface area contributed by atoms with Crippen molar-refractivity contribution in [3.63, 3.8) is 0 Å². The Kier molecular flexibility index (Phi) is 10.6. The molecule has 1 N–H and O–H groups in total. The highest BCUT2D eigenvalue weighted by atomic mass is 32.2. The van der Waals surface area contributed by atoms with E-state index in [2.05, 4.69) is 48.6 Å². The van der Waals surface area contributed by atoms with E-state index in [0.717, 1.165) is 23.3 Å². The highest BCUT2D eigenvalue weighted by Crippen LogP contribution is 2.19. The molecule has 0 unspecified atom stereocenters. The molecule has 0 fully saturated rings. The Hall–Kier alpha value is -3.05. The standard InChI is InChI=1S/C31H38N2O2S/c1-5-25(4)32-31(35)29(19-26-9-7-6-8-10-26)33(20-27-15-11-23(2)12-16-27)30(34)22-36-21-28-17-13-24(3)14-18-28/h6-18,25,29H,5,19-22H2,1-4H3,(H,32,35)/t25-,29-/m0/s1. The molecule has 4 nitrogen and oxygen atoms in total. The zero-order valence-electron chi connectivity index (χ0n) is 21.9. The van der Waals surface area contributed by atoms with Gasteiger partial charge in [0, 0.05) is 24.8 Å². The smallest absolute Gasteiger partial charge is 0.243 e. The fraction of sp³-hybridized carbons (Fsp3) is 0.355. The van der Waals surface area contributed by atoms with Gasteiger partial charge in [-0.15, -0.1) is 11.8 Å². The van der Waals surface area contributed by atoms with Crippen molar-refractivity contribution in [3.8, 4) is 0 Å². The molecule has 0 spiro atoms. The van der Waals surface area contributed by atoms with Gasteiger partial charge in [0.15, 0.2) is 0 Å². The second-order valence-electron chi connectivity index (χ2n) is 9.51. The summed E-state index contributed by atoms with van der Waals surface area (Å²) in [5.74, 6) is 0.958. The van der Waals surface area contributed by atoms with E-state index in [9.17, 15) is 9.59 Å². The summed E-state index contributed by atoms with van der Waals surface area (Å²) < 4.78 is 0. The molecule has 0 aliphatic carbocycles. The number of nitrogens with one attached hydrogen (secondary N) is 1. The lowest BCUT2D eigenvalue weighted by atomic mass is 10.0. The van der Waals surface area contributed by atoms with Gasteiger partial charge in [-0.1, -0.05) is 96.9 Å². The monoisotopic (exact) mass is 502 g/mol. The van der Waals surface area contributed by atoms with E-state index >= 15 is 0 Å². The van der Waals surface area contributed by atoms with Crippen LogP contribution in [0.5, 0.6) is 0 Å². The highest BCUT2D eigenvalue weighted by Gasteiger charge is 2.30. The second kappa shape index (κ2) is 13.9. The number of amides is 2. The molecule has 3 rings (SSSR count).